The SMILES string of the molecule is COc1cc(C=NNC(=O)C(=O)Nc2ccccc2C(=O)NC2CCCCC2)ccc1OCc1ccc(Cl)cc1. The Labute approximate surface area is 237 Å². The van der Waals surface area contributed by atoms with Crippen LogP contribution in [0.25, 0.3) is 0 Å². The predicted molar refractivity (Wildman–Crippen MR) is 154 cm³/mol. The van der Waals surface area contributed by atoms with Gasteiger partial charge in [-0.3, -0.25) is 14.4 Å². The zero-order valence-electron chi connectivity index (χ0n) is 22.1. The summed E-state index contributed by atoms with van der Waals surface area (Å²) in [5.74, 6) is -1.20. The quantitative estimate of drug-likeness (QED) is 0.191. The molecule has 0 unspecified atom stereocenters. The lowest BCUT2D eigenvalue weighted by molar-refractivity contribution is -0.136. The van der Waals surface area contributed by atoms with Gasteiger partial charge in [-0.15, -0.1) is 0 Å². The number of halogens is 1. The van der Waals surface area contributed by atoms with E-state index in [4.69, 9.17) is 21.1 Å². The Morgan fingerprint density at radius 2 is 1.70 bits per heavy atom. The molecule has 0 saturated heterocycles. The Hall–Kier alpha value is -4.37. The number of hydrogen-bond acceptors (Lipinski definition) is 6. The molecule has 0 atom stereocenters. The maximum absolute atomic E-state index is 12.8. The largest absolute Gasteiger partial charge is 0.493 e. The van der Waals surface area contributed by atoms with Gasteiger partial charge in [0.2, 0.25) is 0 Å². The van der Waals surface area contributed by atoms with Crippen LogP contribution in [0.3, 0.4) is 0 Å². The first-order chi connectivity index (χ1) is 19.4. The molecule has 3 amide bonds. The fraction of sp³-hybridized carbons (Fsp3) is 0.267. The molecule has 0 radical (unpaired) electrons. The summed E-state index contributed by atoms with van der Waals surface area (Å²) < 4.78 is 11.3. The summed E-state index contributed by atoms with van der Waals surface area (Å²) >= 11 is 5.92. The Morgan fingerprint density at radius 3 is 2.45 bits per heavy atom. The molecule has 3 aromatic carbocycles. The lowest BCUT2D eigenvalue weighted by atomic mass is 9.95. The van der Waals surface area contributed by atoms with Gasteiger partial charge in [0.1, 0.15) is 6.61 Å². The van der Waals surface area contributed by atoms with Crippen molar-refractivity contribution in [2.75, 3.05) is 12.4 Å². The Balaban J connectivity index is 1.31. The molecule has 0 aromatic heterocycles. The molecule has 40 heavy (non-hydrogen) atoms. The molecule has 3 aromatic rings. The van der Waals surface area contributed by atoms with Crippen LogP contribution in [0, 0.1) is 0 Å². The number of hydrazone groups is 1. The summed E-state index contributed by atoms with van der Waals surface area (Å²) in [4.78, 5) is 37.7. The van der Waals surface area contributed by atoms with E-state index in [-0.39, 0.29) is 17.6 Å². The molecular weight excluding hydrogens is 532 g/mol. The highest BCUT2D eigenvalue weighted by atomic mass is 35.5. The van der Waals surface area contributed by atoms with Gasteiger partial charge in [0, 0.05) is 11.1 Å². The number of nitrogens with zero attached hydrogens (tertiary/aromatic N) is 1. The molecule has 0 bridgehead atoms. The number of nitrogens with one attached hydrogen (secondary N) is 3. The minimum atomic E-state index is -0.978. The van der Waals surface area contributed by atoms with Crippen molar-refractivity contribution in [2.45, 2.75) is 44.8 Å². The van der Waals surface area contributed by atoms with E-state index >= 15 is 0 Å². The van der Waals surface area contributed by atoms with Crippen LogP contribution in [-0.2, 0) is 16.2 Å². The van der Waals surface area contributed by atoms with Crippen molar-refractivity contribution >= 4 is 41.2 Å². The van der Waals surface area contributed by atoms with E-state index in [1.807, 2.05) is 12.1 Å². The first-order valence-electron chi connectivity index (χ1n) is 13.0. The van der Waals surface area contributed by atoms with E-state index in [2.05, 4.69) is 21.2 Å². The number of carbonyl (C=O) groups is 3. The van der Waals surface area contributed by atoms with E-state index in [9.17, 15) is 14.4 Å². The van der Waals surface area contributed by atoms with Crippen molar-refractivity contribution in [3.63, 3.8) is 0 Å². The average molecular weight is 563 g/mol. The van der Waals surface area contributed by atoms with Crippen molar-refractivity contribution in [3.8, 4) is 11.5 Å². The second kappa shape index (κ2) is 14.1. The molecule has 1 saturated carbocycles. The molecule has 4 rings (SSSR count). The second-order valence-corrected chi connectivity index (χ2v) is 9.77. The van der Waals surface area contributed by atoms with Crippen molar-refractivity contribution in [1.82, 2.24) is 10.7 Å². The van der Waals surface area contributed by atoms with Crippen LogP contribution in [-0.4, -0.2) is 37.1 Å². The van der Waals surface area contributed by atoms with Gasteiger partial charge < -0.3 is 20.1 Å². The highest BCUT2D eigenvalue weighted by Gasteiger charge is 2.21. The highest BCUT2D eigenvalue weighted by Crippen LogP contribution is 2.28. The van der Waals surface area contributed by atoms with Crippen LogP contribution in [0.15, 0.2) is 71.8 Å². The molecule has 3 N–H and O–H groups in total. The number of ether oxygens (including phenoxy) is 2. The minimum Gasteiger partial charge on any atom is -0.493 e. The van der Waals surface area contributed by atoms with E-state index in [1.54, 1.807) is 54.6 Å². The third kappa shape index (κ3) is 8.07. The molecule has 208 valence electrons. The lowest BCUT2D eigenvalue weighted by Crippen LogP contribution is -2.37. The molecule has 10 heteroatoms. The normalized spacial score (nSPS) is 13.4. The standard InChI is InChI=1S/C30H31ClN4O5/c1-39-27-17-21(13-16-26(27)40-19-20-11-14-22(31)15-12-20)18-32-35-30(38)29(37)34-25-10-6-5-9-24(25)28(36)33-23-7-3-2-4-8-23/h5-6,9-18,23H,2-4,7-8,19H2,1H3,(H,33,36)(H,34,37)(H,35,38). The first kappa shape index (κ1) is 28.6. The monoisotopic (exact) mass is 562 g/mol. The number of para-hydroxylation sites is 1. The van der Waals surface area contributed by atoms with E-state index in [0.29, 0.717) is 34.3 Å². The second-order valence-electron chi connectivity index (χ2n) is 9.33. The van der Waals surface area contributed by atoms with Gasteiger partial charge in [0.15, 0.2) is 11.5 Å². The molecule has 1 aliphatic carbocycles. The zero-order chi connectivity index (χ0) is 28.3. The fourth-order valence-corrected chi connectivity index (χ4v) is 4.45. The maximum atomic E-state index is 12.8. The first-order valence-corrected chi connectivity index (χ1v) is 13.4. The predicted octanol–water partition coefficient (Wildman–Crippen LogP) is 5.08. The van der Waals surface area contributed by atoms with Gasteiger partial charge in [-0.05, 0) is 66.4 Å². The Kier molecular flexibility index (Phi) is 10.1. The van der Waals surface area contributed by atoms with Crippen molar-refractivity contribution in [2.24, 2.45) is 5.10 Å². The van der Waals surface area contributed by atoms with Crippen molar-refractivity contribution < 1.29 is 23.9 Å². The van der Waals surface area contributed by atoms with Gasteiger partial charge in [0.05, 0.1) is 24.6 Å². The number of rotatable bonds is 9. The summed E-state index contributed by atoms with van der Waals surface area (Å²) in [5, 5.41) is 10.0. The third-order valence-corrected chi connectivity index (χ3v) is 6.69. The van der Waals surface area contributed by atoms with E-state index < -0.39 is 11.8 Å². The third-order valence-electron chi connectivity index (χ3n) is 6.44. The number of methoxy groups -OCH3 is 1. The van der Waals surface area contributed by atoms with E-state index in [0.717, 1.165) is 31.2 Å². The number of hydrogen-bond donors (Lipinski definition) is 3. The lowest BCUT2D eigenvalue weighted by Gasteiger charge is -2.23. The van der Waals surface area contributed by atoms with Gasteiger partial charge in [0.25, 0.3) is 5.91 Å². The number of amides is 3. The molecule has 9 nitrogen and oxygen atoms in total. The average Bonchev–Trinajstić information content (AvgIpc) is 2.97. The minimum absolute atomic E-state index is 0.116. The van der Waals surface area contributed by atoms with Crippen LogP contribution in [0.4, 0.5) is 5.69 Å². The molecule has 1 aliphatic rings. The Morgan fingerprint density at radius 1 is 0.950 bits per heavy atom. The van der Waals surface area contributed by atoms with Crippen molar-refractivity contribution in [3.05, 3.63) is 88.4 Å². The zero-order valence-corrected chi connectivity index (χ0v) is 22.9. The topological polar surface area (TPSA) is 118 Å². The number of anilines is 1. The summed E-state index contributed by atoms with van der Waals surface area (Å²) in [6.45, 7) is 0.331. The van der Waals surface area contributed by atoms with Crippen LogP contribution in [0.2, 0.25) is 5.02 Å². The number of benzene rings is 3. The summed E-state index contributed by atoms with van der Waals surface area (Å²) in [7, 11) is 1.52. The van der Waals surface area contributed by atoms with Crippen LogP contribution in [0.1, 0.15) is 53.6 Å². The van der Waals surface area contributed by atoms with Crippen LogP contribution < -0.4 is 25.5 Å². The maximum Gasteiger partial charge on any atom is 0.329 e. The fourth-order valence-electron chi connectivity index (χ4n) is 4.32. The van der Waals surface area contributed by atoms with Gasteiger partial charge in [-0.2, -0.15) is 5.10 Å². The smallest absolute Gasteiger partial charge is 0.329 e. The number of carbonyl (C=O) groups excluding carboxylic acids is 3. The van der Waals surface area contributed by atoms with E-state index in [1.165, 1.54) is 19.7 Å². The van der Waals surface area contributed by atoms with Gasteiger partial charge in [-0.25, -0.2) is 5.43 Å². The van der Waals surface area contributed by atoms with Gasteiger partial charge in [-0.1, -0.05) is 55.1 Å². The summed E-state index contributed by atoms with van der Waals surface area (Å²) in [5.41, 5.74) is 4.31. The van der Waals surface area contributed by atoms with Crippen LogP contribution >= 0.6 is 11.6 Å². The molecule has 0 spiro atoms. The van der Waals surface area contributed by atoms with Gasteiger partial charge >= 0.3 is 11.8 Å². The molecular formula is C30H31ClN4O5. The Bertz CT molecular complexity index is 1370. The van der Waals surface area contributed by atoms with Crippen LogP contribution in [0.5, 0.6) is 11.5 Å². The molecule has 1 fully saturated rings. The summed E-state index contributed by atoms with van der Waals surface area (Å²) in [6, 6.07) is 19.2. The highest BCUT2D eigenvalue weighted by molar-refractivity contribution is 6.40. The van der Waals surface area contributed by atoms with Crippen molar-refractivity contribution in [1.29, 1.82) is 0 Å². The molecule has 0 heterocycles. The molecule has 0 aliphatic heterocycles. The summed E-state index contributed by atoms with van der Waals surface area (Å²) in [6.07, 6.45) is 6.59.